The monoisotopic (exact) mass is 684 g/mol. The van der Waals surface area contributed by atoms with E-state index in [1.807, 2.05) is 83.7 Å². The summed E-state index contributed by atoms with van der Waals surface area (Å²) < 4.78 is 1.87. The summed E-state index contributed by atoms with van der Waals surface area (Å²) in [6, 6.07) is 43.0. The third-order valence-electron chi connectivity index (χ3n) is 6.45. The molecule has 2 heterocycles. The Morgan fingerprint density at radius 3 is 2.03 bits per heavy atom. The van der Waals surface area contributed by atoms with E-state index in [1.54, 1.807) is 6.20 Å². The number of nitrogens with zero attached hydrogens (tertiary/aromatic N) is 3. The van der Waals surface area contributed by atoms with Crippen LogP contribution in [0, 0.1) is 32.9 Å². The SMILES string of the molecule is Cc1cc(-c2ccn(-c3[c-]cccc3)n2)ccc1-c1c(C)cccc1C.[Ir].[c-]1ccccc1-c1ccccn1. The Morgan fingerprint density at radius 2 is 1.38 bits per heavy atom. The molecule has 0 amide bonds. The Balaban J connectivity index is 0.000000228. The van der Waals surface area contributed by atoms with Crippen LogP contribution in [0.25, 0.3) is 39.3 Å². The molecule has 39 heavy (non-hydrogen) atoms. The number of hydrogen-bond donors (Lipinski definition) is 0. The molecule has 0 atom stereocenters. The van der Waals surface area contributed by atoms with E-state index in [1.165, 1.54) is 27.8 Å². The van der Waals surface area contributed by atoms with Crippen LogP contribution in [-0.2, 0) is 20.1 Å². The van der Waals surface area contributed by atoms with Crippen LogP contribution in [0.4, 0.5) is 0 Å². The van der Waals surface area contributed by atoms with Gasteiger partial charge in [-0.2, -0.15) is 29.4 Å². The minimum Gasteiger partial charge on any atom is -0.305 e. The predicted molar refractivity (Wildman–Crippen MR) is 156 cm³/mol. The number of aryl methyl sites for hydroxylation is 3. The average Bonchev–Trinajstić information content (AvgIpc) is 3.46. The van der Waals surface area contributed by atoms with Crippen LogP contribution >= 0.6 is 0 Å². The average molecular weight is 684 g/mol. The van der Waals surface area contributed by atoms with Crippen molar-refractivity contribution >= 4 is 0 Å². The van der Waals surface area contributed by atoms with Gasteiger partial charge in [0.1, 0.15) is 0 Å². The van der Waals surface area contributed by atoms with Gasteiger partial charge < -0.3 is 4.98 Å². The van der Waals surface area contributed by atoms with Gasteiger partial charge in [0.25, 0.3) is 0 Å². The largest absolute Gasteiger partial charge is 0.305 e. The molecule has 195 valence electrons. The standard InChI is InChI=1S/C24H21N2.C11H8N.Ir/c1-17-8-7-9-18(2)24(17)22-13-12-20(16-19(22)3)23-14-15-26(25-23)21-10-5-4-6-11-21;1-2-6-10(7-3-1)11-8-4-5-9-12-11;/h4-10,12-16H,1-3H3;1-6,8-9H;/q2*-1;. The van der Waals surface area contributed by atoms with E-state index in [-0.39, 0.29) is 20.1 Å². The second kappa shape index (κ2) is 13.1. The van der Waals surface area contributed by atoms with E-state index in [9.17, 15) is 0 Å². The van der Waals surface area contributed by atoms with Crippen LogP contribution < -0.4 is 0 Å². The van der Waals surface area contributed by atoms with Gasteiger partial charge in [-0.05, 0) is 78.2 Å². The summed E-state index contributed by atoms with van der Waals surface area (Å²) in [4.78, 5) is 4.22. The first-order valence-corrected chi connectivity index (χ1v) is 12.7. The molecule has 0 unspecified atom stereocenters. The van der Waals surface area contributed by atoms with Gasteiger partial charge >= 0.3 is 0 Å². The molecule has 0 N–H and O–H groups in total. The topological polar surface area (TPSA) is 30.7 Å². The second-order valence-electron chi connectivity index (χ2n) is 9.18. The summed E-state index contributed by atoms with van der Waals surface area (Å²) in [5.74, 6) is 0. The smallest absolute Gasteiger partial charge is 0.0926 e. The number of aromatic nitrogens is 3. The quantitative estimate of drug-likeness (QED) is 0.175. The van der Waals surface area contributed by atoms with E-state index in [4.69, 9.17) is 5.10 Å². The Morgan fingerprint density at radius 1 is 0.641 bits per heavy atom. The first kappa shape index (κ1) is 27.9. The molecule has 1 radical (unpaired) electrons. The van der Waals surface area contributed by atoms with Gasteiger partial charge in [-0.1, -0.05) is 42.5 Å². The molecule has 0 aliphatic carbocycles. The fourth-order valence-electron chi connectivity index (χ4n) is 4.56. The number of pyridine rings is 1. The van der Waals surface area contributed by atoms with Crippen molar-refractivity contribution in [3.63, 3.8) is 0 Å². The Labute approximate surface area is 244 Å². The van der Waals surface area contributed by atoms with Crippen LogP contribution in [0.15, 0.2) is 122 Å². The van der Waals surface area contributed by atoms with Gasteiger partial charge in [-0.15, -0.1) is 42.0 Å². The van der Waals surface area contributed by atoms with Crippen LogP contribution in [0.2, 0.25) is 0 Å². The molecule has 0 aliphatic heterocycles. The van der Waals surface area contributed by atoms with Crippen LogP contribution in [0.1, 0.15) is 16.7 Å². The molecule has 4 aromatic carbocycles. The number of hydrogen-bond acceptors (Lipinski definition) is 2. The maximum atomic E-state index is 4.71. The Kier molecular flexibility index (Phi) is 9.38. The molecule has 0 spiro atoms. The van der Waals surface area contributed by atoms with Crippen molar-refractivity contribution in [2.24, 2.45) is 0 Å². The first-order chi connectivity index (χ1) is 18.6. The molecule has 0 bridgehead atoms. The van der Waals surface area contributed by atoms with Crippen molar-refractivity contribution < 1.29 is 20.1 Å². The molecule has 0 saturated carbocycles. The molecule has 0 aliphatic rings. The van der Waals surface area contributed by atoms with Crippen molar-refractivity contribution in [2.75, 3.05) is 0 Å². The van der Waals surface area contributed by atoms with Crippen molar-refractivity contribution in [3.05, 3.63) is 150 Å². The van der Waals surface area contributed by atoms with Gasteiger partial charge in [0.05, 0.1) is 5.69 Å². The third kappa shape index (κ3) is 6.67. The van der Waals surface area contributed by atoms with E-state index >= 15 is 0 Å². The van der Waals surface area contributed by atoms with Crippen LogP contribution in [0.5, 0.6) is 0 Å². The maximum Gasteiger partial charge on any atom is 0.0926 e. The summed E-state index contributed by atoms with van der Waals surface area (Å²) in [6.45, 7) is 6.52. The molecular weight excluding hydrogens is 655 g/mol. The summed E-state index contributed by atoms with van der Waals surface area (Å²) in [6.07, 6.45) is 3.77. The van der Waals surface area contributed by atoms with E-state index in [0.29, 0.717) is 0 Å². The van der Waals surface area contributed by atoms with Crippen LogP contribution in [0.3, 0.4) is 0 Å². The van der Waals surface area contributed by atoms with Gasteiger partial charge in [0.15, 0.2) is 0 Å². The molecule has 4 heteroatoms. The molecule has 2 aromatic heterocycles. The molecule has 0 fully saturated rings. The summed E-state index contributed by atoms with van der Waals surface area (Å²) in [5.41, 5.74) is 11.6. The fraction of sp³-hybridized carbons (Fsp3) is 0.0857. The van der Waals surface area contributed by atoms with Crippen molar-refractivity contribution in [1.82, 2.24) is 14.8 Å². The Bertz CT molecular complexity index is 1570. The van der Waals surface area contributed by atoms with E-state index in [0.717, 1.165) is 28.2 Å². The molecule has 0 saturated heterocycles. The van der Waals surface area contributed by atoms with Gasteiger partial charge in [0.2, 0.25) is 0 Å². The zero-order valence-electron chi connectivity index (χ0n) is 22.2. The Hall–Kier alpha value is -4.11. The molecule has 6 aromatic rings. The maximum absolute atomic E-state index is 4.71. The minimum atomic E-state index is 0. The first-order valence-electron chi connectivity index (χ1n) is 12.7. The number of para-hydroxylation sites is 1. The minimum absolute atomic E-state index is 0. The zero-order valence-corrected chi connectivity index (χ0v) is 24.6. The number of benzene rings is 4. The zero-order chi connectivity index (χ0) is 26.3. The normalized spacial score (nSPS) is 10.2. The van der Waals surface area contributed by atoms with Crippen LogP contribution in [-0.4, -0.2) is 14.8 Å². The second-order valence-corrected chi connectivity index (χ2v) is 9.18. The third-order valence-corrected chi connectivity index (χ3v) is 6.45. The van der Waals surface area contributed by atoms with Gasteiger partial charge in [-0.3, -0.25) is 4.68 Å². The van der Waals surface area contributed by atoms with E-state index < -0.39 is 0 Å². The van der Waals surface area contributed by atoms with Crippen molar-refractivity contribution in [1.29, 1.82) is 0 Å². The fourth-order valence-corrected chi connectivity index (χ4v) is 4.56. The summed E-state index contributed by atoms with van der Waals surface area (Å²) in [7, 11) is 0. The predicted octanol–water partition coefficient (Wildman–Crippen LogP) is 8.48. The van der Waals surface area contributed by atoms with Gasteiger partial charge in [-0.25, -0.2) is 0 Å². The summed E-state index contributed by atoms with van der Waals surface area (Å²) >= 11 is 0. The molecule has 6 rings (SSSR count). The number of rotatable bonds is 4. The van der Waals surface area contributed by atoms with Crippen molar-refractivity contribution in [3.8, 4) is 39.3 Å². The van der Waals surface area contributed by atoms with E-state index in [2.05, 4.69) is 74.3 Å². The van der Waals surface area contributed by atoms with Crippen molar-refractivity contribution in [2.45, 2.75) is 20.8 Å². The summed E-state index contributed by atoms with van der Waals surface area (Å²) in [5, 5.41) is 4.71. The molecular formula is C35H29IrN3-2. The molecule has 3 nitrogen and oxygen atoms in total. The van der Waals surface area contributed by atoms with Gasteiger partial charge in [0, 0.05) is 38.1 Å².